The van der Waals surface area contributed by atoms with Crippen LogP contribution in [-0.4, -0.2) is 37.2 Å². The molecule has 0 aliphatic carbocycles. The lowest BCUT2D eigenvalue weighted by molar-refractivity contribution is -0.167. The number of rotatable bonds is 42. The van der Waals surface area contributed by atoms with E-state index in [2.05, 4.69) is 20.8 Å². The molecule has 0 aliphatic heterocycles. The molecule has 0 amide bonds. The van der Waals surface area contributed by atoms with E-state index in [0.29, 0.717) is 19.3 Å². The molecule has 1 atom stereocenters. The van der Waals surface area contributed by atoms with Crippen molar-refractivity contribution in [2.75, 3.05) is 13.2 Å². The second-order valence-electron chi connectivity index (χ2n) is 15.7. The summed E-state index contributed by atoms with van der Waals surface area (Å²) < 4.78 is 16.6. The van der Waals surface area contributed by atoms with E-state index < -0.39 is 6.10 Å². The van der Waals surface area contributed by atoms with Gasteiger partial charge in [0.2, 0.25) is 0 Å². The Kier molecular flexibility index (Phi) is 40.9. The van der Waals surface area contributed by atoms with Gasteiger partial charge in [-0.2, -0.15) is 0 Å². The van der Waals surface area contributed by atoms with Crippen LogP contribution in [0.3, 0.4) is 0 Å². The van der Waals surface area contributed by atoms with Gasteiger partial charge in [-0.1, -0.05) is 220 Å². The molecule has 0 fully saturated rings. The van der Waals surface area contributed by atoms with E-state index in [1.165, 1.54) is 161 Å². The van der Waals surface area contributed by atoms with Crippen LogP contribution in [-0.2, 0) is 28.6 Å². The van der Waals surface area contributed by atoms with Crippen molar-refractivity contribution in [2.24, 2.45) is 0 Å². The number of hydrogen-bond donors (Lipinski definition) is 0. The average Bonchev–Trinajstić information content (AvgIpc) is 3.14. The van der Waals surface area contributed by atoms with E-state index >= 15 is 0 Å². The van der Waals surface area contributed by atoms with Crippen LogP contribution >= 0.6 is 0 Å². The van der Waals surface area contributed by atoms with Gasteiger partial charge in [-0.05, 0) is 19.3 Å². The molecule has 0 aromatic carbocycles. The Morgan fingerprint density at radius 1 is 0.308 bits per heavy atom. The molecule has 308 valence electrons. The molecular weight excluding hydrogens is 649 g/mol. The van der Waals surface area contributed by atoms with Gasteiger partial charge in [-0.15, -0.1) is 0 Å². The van der Waals surface area contributed by atoms with E-state index in [0.717, 1.165) is 57.8 Å². The molecule has 0 aromatic rings. The Hall–Kier alpha value is -1.59. The molecule has 6 nitrogen and oxygen atoms in total. The highest BCUT2D eigenvalue weighted by Gasteiger charge is 2.19. The number of esters is 3. The summed E-state index contributed by atoms with van der Waals surface area (Å²) in [6.07, 6.45) is 42.4. The quantitative estimate of drug-likeness (QED) is 0.0353. The third-order valence-corrected chi connectivity index (χ3v) is 10.4. The molecule has 0 aromatic heterocycles. The molecule has 0 bridgehead atoms. The van der Waals surface area contributed by atoms with Gasteiger partial charge < -0.3 is 14.2 Å². The Morgan fingerprint density at radius 2 is 0.519 bits per heavy atom. The van der Waals surface area contributed by atoms with E-state index in [-0.39, 0.29) is 31.1 Å². The van der Waals surface area contributed by atoms with Crippen LogP contribution in [0.1, 0.15) is 258 Å². The lowest BCUT2D eigenvalue weighted by Gasteiger charge is -2.18. The summed E-state index contributed by atoms with van der Waals surface area (Å²) in [6.45, 7) is 6.60. The van der Waals surface area contributed by atoms with E-state index in [4.69, 9.17) is 14.2 Å². The number of carbonyl (C=O) groups excluding carboxylic acids is 3. The molecule has 0 spiro atoms. The first kappa shape index (κ1) is 50.4. The average molecular weight is 737 g/mol. The Bertz CT molecular complexity index is 768. The summed E-state index contributed by atoms with van der Waals surface area (Å²) in [6, 6.07) is 0. The molecular formula is C46H88O6. The lowest BCUT2D eigenvalue weighted by atomic mass is 10.0. The molecule has 52 heavy (non-hydrogen) atoms. The number of carbonyl (C=O) groups is 3. The SMILES string of the molecule is CCCCCCCCCCCCCCCCCCCC(=O)OC[C@H](COC(=O)CCCCCCCCCCCC)OC(=O)CCCCCCCCC. The first-order valence-electron chi connectivity index (χ1n) is 23.0. The zero-order valence-corrected chi connectivity index (χ0v) is 35.1. The topological polar surface area (TPSA) is 78.9 Å². The van der Waals surface area contributed by atoms with Crippen LogP contribution < -0.4 is 0 Å². The largest absolute Gasteiger partial charge is 0.462 e. The van der Waals surface area contributed by atoms with Crippen molar-refractivity contribution in [1.82, 2.24) is 0 Å². The predicted molar refractivity (Wildman–Crippen MR) is 220 cm³/mol. The van der Waals surface area contributed by atoms with Crippen molar-refractivity contribution >= 4 is 17.9 Å². The molecule has 0 radical (unpaired) electrons. The number of unbranched alkanes of at least 4 members (excludes halogenated alkanes) is 31. The monoisotopic (exact) mass is 737 g/mol. The van der Waals surface area contributed by atoms with Crippen molar-refractivity contribution in [1.29, 1.82) is 0 Å². The normalized spacial score (nSPS) is 11.8. The predicted octanol–water partition coefficient (Wildman–Crippen LogP) is 14.5. The van der Waals surface area contributed by atoms with E-state index in [1.807, 2.05) is 0 Å². The minimum atomic E-state index is -0.756. The molecule has 0 aliphatic rings. The molecule has 0 unspecified atom stereocenters. The Balaban J connectivity index is 4.17. The highest BCUT2D eigenvalue weighted by molar-refractivity contribution is 5.71. The van der Waals surface area contributed by atoms with Crippen LogP contribution in [0.25, 0.3) is 0 Å². The molecule has 6 heteroatoms. The van der Waals surface area contributed by atoms with Crippen molar-refractivity contribution in [3.63, 3.8) is 0 Å². The fourth-order valence-electron chi connectivity index (χ4n) is 6.85. The van der Waals surface area contributed by atoms with Gasteiger partial charge in [-0.25, -0.2) is 0 Å². The van der Waals surface area contributed by atoms with Gasteiger partial charge in [-0.3, -0.25) is 14.4 Å². The summed E-state index contributed by atoms with van der Waals surface area (Å²) in [5, 5.41) is 0. The summed E-state index contributed by atoms with van der Waals surface area (Å²) in [4.78, 5) is 37.5. The van der Waals surface area contributed by atoms with Crippen LogP contribution in [0, 0.1) is 0 Å². The Labute approximate surface area is 323 Å². The van der Waals surface area contributed by atoms with Gasteiger partial charge in [0.05, 0.1) is 0 Å². The van der Waals surface area contributed by atoms with Crippen molar-refractivity contribution in [3.8, 4) is 0 Å². The van der Waals surface area contributed by atoms with Gasteiger partial charge in [0.1, 0.15) is 13.2 Å². The fraction of sp³-hybridized carbons (Fsp3) is 0.935. The lowest BCUT2D eigenvalue weighted by Crippen LogP contribution is -2.30. The van der Waals surface area contributed by atoms with Crippen LogP contribution in [0.4, 0.5) is 0 Å². The van der Waals surface area contributed by atoms with Gasteiger partial charge in [0, 0.05) is 19.3 Å². The fourth-order valence-corrected chi connectivity index (χ4v) is 6.85. The molecule has 0 saturated carbocycles. The smallest absolute Gasteiger partial charge is 0.306 e. The Morgan fingerprint density at radius 3 is 0.769 bits per heavy atom. The van der Waals surface area contributed by atoms with Gasteiger partial charge in [0.15, 0.2) is 6.10 Å². The standard InChI is InChI=1S/C46H88O6/c1-4-7-10-13-16-18-20-21-22-23-24-25-26-28-31-33-36-39-45(48)51-42-43(52-46(49)40-37-34-29-15-12-9-6-3)41-50-44(47)38-35-32-30-27-19-17-14-11-8-5-2/h43H,4-42H2,1-3H3/t43-/m0/s1. The number of hydrogen-bond acceptors (Lipinski definition) is 6. The van der Waals surface area contributed by atoms with Crippen LogP contribution in [0.15, 0.2) is 0 Å². The highest BCUT2D eigenvalue weighted by Crippen LogP contribution is 2.16. The molecule has 0 heterocycles. The zero-order chi connectivity index (χ0) is 38.0. The molecule has 0 rings (SSSR count). The third-order valence-electron chi connectivity index (χ3n) is 10.4. The summed E-state index contributed by atoms with van der Waals surface area (Å²) in [5.74, 6) is -0.859. The van der Waals surface area contributed by atoms with Crippen LogP contribution in [0.5, 0.6) is 0 Å². The van der Waals surface area contributed by atoms with E-state index in [1.54, 1.807) is 0 Å². The summed E-state index contributed by atoms with van der Waals surface area (Å²) in [7, 11) is 0. The van der Waals surface area contributed by atoms with Crippen molar-refractivity contribution in [2.45, 2.75) is 264 Å². The zero-order valence-electron chi connectivity index (χ0n) is 35.1. The van der Waals surface area contributed by atoms with Crippen molar-refractivity contribution in [3.05, 3.63) is 0 Å². The maximum absolute atomic E-state index is 12.6. The number of ether oxygens (including phenoxy) is 3. The second-order valence-corrected chi connectivity index (χ2v) is 15.7. The third kappa shape index (κ3) is 39.6. The minimum Gasteiger partial charge on any atom is -0.462 e. The van der Waals surface area contributed by atoms with E-state index in [9.17, 15) is 14.4 Å². The maximum atomic E-state index is 12.6. The van der Waals surface area contributed by atoms with Gasteiger partial charge >= 0.3 is 17.9 Å². The van der Waals surface area contributed by atoms with Crippen LogP contribution in [0.2, 0.25) is 0 Å². The maximum Gasteiger partial charge on any atom is 0.306 e. The summed E-state index contributed by atoms with van der Waals surface area (Å²) >= 11 is 0. The molecule has 0 saturated heterocycles. The highest BCUT2D eigenvalue weighted by atomic mass is 16.6. The second kappa shape index (κ2) is 42.2. The summed E-state index contributed by atoms with van der Waals surface area (Å²) in [5.41, 5.74) is 0. The molecule has 0 N–H and O–H groups in total. The minimum absolute atomic E-state index is 0.0634. The first-order valence-corrected chi connectivity index (χ1v) is 23.0. The van der Waals surface area contributed by atoms with Crippen molar-refractivity contribution < 1.29 is 28.6 Å². The first-order chi connectivity index (χ1) is 25.5. The van der Waals surface area contributed by atoms with Gasteiger partial charge in [0.25, 0.3) is 0 Å².